The molecule has 0 unspecified atom stereocenters. The maximum absolute atomic E-state index is 16.2. The van der Waals surface area contributed by atoms with Gasteiger partial charge in [-0.3, -0.25) is 19.9 Å². The van der Waals surface area contributed by atoms with Crippen LogP contribution in [0.2, 0.25) is 0 Å². The Morgan fingerprint density at radius 2 is 1.89 bits per heavy atom. The van der Waals surface area contributed by atoms with Gasteiger partial charge in [0.1, 0.15) is 27.0 Å². The highest BCUT2D eigenvalue weighted by atomic mass is 32.2. The Bertz CT molecular complexity index is 2230. The highest BCUT2D eigenvalue weighted by Gasteiger charge is 2.26. The minimum absolute atomic E-state index is 0.0185. The molecule has 6 aromatic rings. The van der Waals surface area contributed by atoms with Crippen LogP contribution in [-0.4, -0.2) is 61.5 Å². The number of aromatic nitrogens is 7. The molecule has 0 bridgehead atoms. The topological polar surface area (TPSA) is 159 Å². The van der Waals surface area contributed by atoms with Crippen molar-refractivity contribution in [2.75, 3.05) is 17.3 Å². The van der Waals surface area contributed by atoms with Crippen molar-refractivity contribution >= 4 is 43.5 Å². The molecule has 0 atom stereocenters. The summed E-state index contributed by atoms with van der Waals surface area (Å²) in [5.41, 5.74) is 3.75. The maximum Gasteiger partial charge on any atom is 0.227 e. The molecule has 0 saturated heterocycles. The van der Waals surface area contributed by atoms with E-state index in [1.54, 1.807) is 18.2 Å². The van der Waals surface area contributed by atoms with Gasteiger partial charge in [0.15, 0.2) is 17.3 Å². The molecule has 3 N–H and O–H groups in total. The number of halogens is 2. The van der Waals surface area contributed by atoms with Crippen molar-refractivity contribution in [2.45, 2.75) is 25.7 Å². The van der Waals surface area contributed by atoms with E-state index in [0.717, 1.165) is 25.5 Å². The molecule has 0 radical (unpaired) electrons. The van der Waals surface area contributed by atoms with Gasteiger partial charge in [0.2, 0.25) is 5.91 Å². The van der Waals surface area contributed by atoms with E-state index >= 15 is 4.39 Å². The average Bonchev–Trinajstić information content (AvgIpc) is 3.60. The third-order valence-corrected chi connectivity index (χ3v) is 8.89. The first-order valence-electron chi connectivity index (χ1n) is 14.2. The largest absolute Gasteiger partial charge is 0.335 e. The lowest BCUT2D eigenvalue weighted by atomic mass is 9.85. The number of amides is 1. The molecule has 14 heteroatoms. The first-order valence-corrected chi connectivity index (χ1v) is 16.3. The van der Waals surface area contributed by atoms with Crippen LogP contribution in [0.25, 0.3) is 56.0 Å². The number of carbonyl (C=O) groups excluding carboxylic acids is 1. The number of H-pyrrole nitrogens is 2. The average molecular weight is 629 g/mol. The predicted octanol–water partition coefficient (Wildman–Crippen LogP) is 5.23. The quantitative estimate of drug-likeness (QED) is 0.207. The normalized spacial score (nSPS) is 13.8. The summed E-state index contributed by atoms with van der Waals surface area (Å²) in [7, 11) is -3.23. The van der Waals surface area contributed by atoms with Crippen molar-refractivity contribution in [2.24, 2.45) is 5.92 Å². The van der Waals surface area contributed by atoms with Crippen LogP contribution in [0.15, 0.2) is 55.1 Å². The zero-order valence-corrected chi connectivity index (χ0v) is 24.8. The van der Waals surface area contributed by atoms with Crippen LogP contribution in [0.1, 0.15) is 24.8 Å². The lowest BCUT2D eigenvalue weighted by molar-refractivity contribution is -0.122. The molecule has 0 aliphatic heterocycles. The number of sulfone groups is 1. The van der Waals surface area contributed by atoms with Crippen molar-refractivity contribution in [3.05, 3.63) is 72.3 Å². The monoisotopic (exact) mass is 628 g/mol. The number of imidazole rings is 1. The number of benzene rings is 1. The van der Waals surface area contributed by atoms with Crippen LogP contribution < -0.4 is 5.32 Å². The molecule has 5 aromatic heterocycles. The predicted molar refractivity (Wildman–Crippen MR) is 165 cm³/mol. The Hall–Kier alpha value is -5.11. The summed E-state index contributed by atoms with van der Waals surface area (Å²) in [6.45, 7) is 0. The molecule has 11 nitrogen and oxygen atoms in total. The number of nitrogens with one attached hydrogen (secondary N) is 3. The number of pyridine rings is 3. The highest BCUT2D eigenvalue weighted by molar-refractivity contribution is 7.90. The molecular weight excluding hydrogens is 602 g/mol. The van der Waals surface area contributed by atoms with Crippen LogP contribution >= 0.6 is 0 Å². The van der Waals surface area contributed by atoms with E-state index in [9.17, 15) is 17.6 Å². The Labute approximate surface area is 255 Å². The molecule has 7 rings (SSSR count). The molecule has 1 aliphatic carbocycles. The molecular formula is C31H26F2N8O3S. The van der Waals surface area contributed by atoms with Crippen molar-refractivity contribution < 1.29 is 22.0 Å². The van der Waals surface area contributed by atoms with Gasteiger partial charge in [0, 0.05) is 35.7 Å². The second-order valence-corrected chi connectivity index (χ2v) is 13.5. The van der Waals surface area contributed by atoms with Crippen molar-refractivity contribution in [1.29, 1.82) is 0 Å². The van der Waals surface area contributed by atoms with E-state index in [-0.39, 0.29) is 46.6 Å². The number of nitrogens with zero attached hydrogens (tertiary/aromatic N) is 5. The lowest BCUT2D eigenvalue weighted by Crippen LogP contribution is -2.28. The Balaban J connectivity index is 1.26. The molecule has 1 amide bonds. The van der Waals surface area contributed by atoms with Gasteiger partial charge in [0.25, 0.3) is 0 Å². The summed E-state index contributed by atoms with van der Waals surface area (Å²) >= 11 is 0. The second kappa shape index (κ2) is 11.1. The van der Waals surface area contributed by atoms with E-state index in [2.05, 4.69) is 40.4 Å². The molecule has 45 heavy (non-hydrogen) atoms. The summed E-state index contributed by atoms with van der Waals surface area (Å²) in [5, 5.41) is 10.1. The zero-order valence-electron chi connectivity index (χ0n) is 23.9. The van der Waals surface area contributed by atoms with Gasteiger partial charge in [-0.2, -0.15) is 5.10 Å². The van der Waals surface area contributed by atoms with E-state index in [4.69, 9.17) is 0 Å². The molecule has 0 spiro atoms. The zero-order chi connectivity index (χ0) is 31.3. The van der Waals surface area contributed by atoms with Gasteiger partial charge in [0.05, 0.1) is 40.3 Å². The summed E-state index contributed by atoms with van der Waals surface area (Å²) in [4.78, 5) is 33.0. The van der Waals surface area contributed by atoms with Gasteiger partial charge >= 0.3 is 0 Å². The summed E-state index contributed by atoms with van der Waals surface area (Å²) in [5.74, 6) is -1.16. The second-order valence-electron chi connectivity index (χ2n) is 11.2. The van der Waals surface area contributed by atoms with Crippen molar-refractivity contribution in [3.8, 4) is 33.9 Å². The number of aromatic amines is 2. The van der Waals surface area contributed by atoms with Gasteiger partial charge in [-0.1, -0.05) is 12.5 Å². The molecule has 1 aliphatic rings. The molecule has 1 aromatic carbocycles. The minimum atomic E-state index is -3.23. The van der Waals surface area contributed by atoms with Crippen LogP contribution in [0.3, 0.4) is 0 Å². The van der Waals surface area contributed by atoms with E-state index in [1.807, 2.05) is 0 Å². The third kappa shape index (κ3) is 5.64. The van der Waals surface area contributed by atoms with Crippen molar-refractivity contribution in [1.82, 2.24) is 35.1 Å². The number of aryl methyl sites for hydroxylation is 1. The Kier molecular flexibility index (Phi) is 7.07. The van der Waals surface area contributed by atoms with Crippen LogP contribution in [0.4, 0.5) is 14.5 Å². The number of fused-ring (bicyclic) bond motifs is 2. The molecule has 1 fully saturated rings. The number of carbonyl (C=O) groups is 1. The number of hydrogen-bond donors (Lipinski definition) is 3. The van der Waals surface area contributed by atoms with Gasteiger partial charge in [-0.05, 0) is 54.7 Å². The highest BCUT2D eigenvalue weighted by Crippen LogP contribution is 2.35. The van der Waals surface area contributed by atoms with Crippen molar-refractivity contribution in [3.63, 3.8) is 0 Å². The van der Waals surface area contributed by atoms with Gasteiger partial charge in [-0.25, -0.2) is 27.2 Å². The Morgan fingerprint density at radius 3 is 2.67 bits per heavy atom. The lowest BCUT2D eigenvalue weighted by Gasteiger charge is -2.24. The number of anilines is 1. The first-order chi connectivity index (χ1) is 21.6. The van der Waals surface area contributed by atoms with Crippen LogP contribution in [-0.2, 0) is 21.1 Å². The van der Waals surface area contributed by atoms with E-state index in [0.29, 0.717) is 44.6 Å². The minimum Gasteiger partial charge on any atom is -0.335 e. The SMILES string of the molecule is CS(=O)(=O)CCc1cc(F)cc(-c2ccnc3nc(-c4n[nH]c5cnc(-c6cncc(NC(=O)C7CCC7)c6)c(F)c45)[nH]c23)c1. The number of rotatable bonds is 8. The fourth-order valence-corrected chi connectivity index (χ4v) is 6.02. The van der Waals surface area contributed by atoms with Gasteiger partial charge < -0.3 is 10.3 Å². The van der Waals surface area contributed by atoms with Crippen LogP contribution in [0.5, 0.6) is 0 Å². The first kappa shape index (κ1) is 28.6. The maximum atomic E-state index is 16.2. The van der Waals surface area contributed by atoms with Crippen LogP contribution in [0, 0.1) is 17.6 Å². The molecule has 1 saturated carbocycles. The number of hydrogen-bond acceptors (Lipinski definition) is 8. The molecule has 5 heterocycles. The van der Waals surface area contributed by atoms with E-state index < -0.39 is 21.5 Å². The summed E-state index contributed by atoms with van der Waals surface area (Å²) in [6.07, 6.45) is 9.98. The fraction of sp³-hybridized carbons (Fsp3) is 0.226. The Morgan fingerprint density at radius 1 is 1.04 bits per heavy atom. The molecule has 228 valence electrons. The van der Waals surface area contributed by atoms with Gasteiger partial charge in [-0.15, -0.1) is 0 Å². The van der Waals surface area contributed by atoms with E-state index in [1.165, 1.54) is 36.9 Å². The smallest absolute Gasteiger partial charge is 0.227 e. The standard InChI is InChI=1S/C31H26F2N8O3S/c1-45(43,44)8-6-16-9-18(11-20(32)10-16)22-5-7-35-29-27(22)38-30(39-29)28-24-23(40-41-28)15-36-26(25(24)33)19-12-21(14-34-13-19)37-31(42)17-3-2-4-17/h5,7,9-15,17H,2-4,6,8H2,1H3,(H,37,42)(H,40,41)(H,35,38,39). The third-order valence-electron chi connectivity index (χ3n) is 7.95. The summed E-state index contributed by atoms with van der Waals surface area (Å²) in [6, 6.07) is 7.69. The summed E-state index contributed by atoms with van der Waals surface area (Å²) < 4.78 is 54.1. The fourth-order valence-electron chi connectivity index (χ4n) is 5.42.